The van der Waals surface area contributed by atoms with Gasteiger partial charge >= 0.3 is 0 Å². The summed E-state index contributed by atoms with van der Waals surface area (Å²) in [6, 6.07) is 12.5. The molecule has 0 saturated heterocycles. The lowest BCUT2D eigenvalue weighted by Gasteiger charge is -2.09. The van der Waals surface area contributed by atoms with E-state index in [1.54, 1.807) is 25.1 Å². The van der Waals surface area contributed by atoms with Gasteiger partial charge in [-0.15, -0.1) is 0 Å². The number of rotatable bonds is 5. The number of aromatic nitrogens is 1. The van der Waals surface area contributed by atoms with Gasteiger partial charge in [-0.1, -0.05) is 35.9 Å². The predicted octanol–water partition coefficient (Wildman–Crippen LogP) is 5.00. The molecule has 3 aromatic rings. The largest absolute Gasteiger partial charge is 0.441 e. The van der Waals surface area contributed by atoms with E-state index in [9.17, 15) is 9.59 Å². The highest BCUT2D eigenvalue weighted by molar-refractivity contribution is 6.33. The summed E-state index contributed by atoms with van der Waals surface area (Å²) in [7, 11) is 0. The first kappa shape index (κ1) is 18.9. The highest BCUT2D eigenvalue weighted by Gasteiger charge is 2.17. The lowest BCUT2D eigenvalue weighted by molar-refractivity contribution is -0.115. The van der Waals surface area contributed by atoms with Crippen LogP contribution in [0.1, 0.15) is 34.3 Å². The number of hydrogen-bond acceptors (Lipinski definition) is 4. The van der Waals surface area contributed by atoms with Crippen LogP contribution in [0.3, 0.4) is 0 Å². The molecule has 0 fully saturated rings. The molecular formula is C21H19ClN2O3. The molecule has 1 aromatic heterocycles. The maximum Gasteiger partial charge on any atom is 0.230 e. The van der Waals surface area contributed by atoms with E-state index in [2.05, 4.69) is 10.3 Å². The number of aryl methyl sites for hydroxylation is 2. The first-order chi connectivity index (χ1) is 12.8. The summed E-state index contributed by atoms with van der Waals surface area (Å²) >= 11 is 6.18. The number of Topliss-reactive ketones (excluding diaryl/α,β-unsaturated/α-hetero) is 1. The zero-order valence-corrected chi connectivity index (χ0v) is 16.1. The highest BCUT2D eigenvalue weighted by Crippen LogP contribution is 2.28. The molecule has 138 valence electrons. The van der Waals surface area contributed by atoms with Crippen molar-refractivity contribution in [3.8, 4) is 11.5 Å². The molecule has 0 atom stereocenters. The molecule has 0 aliphatic carbocycles. The van der Waals surface area contributed by atoms with Crippen molar-refractivity contribution in [2.75, 3.05) is 5.32 Å². The number of carbonyl (C=O) groups excluding carboxylic acids is 2. The van der Waals surface area contributed by atoms with E-state index in [1.807, 2.05) is 31.2 Å². The van der Waals surface area contributed by atoms with Crippen LogP contribution in [0.2, 0.25) is 5.02 Å². The molecule has 3 rings (SSSR count). The van der Waals surface area contributed by atoms with Gasteiger partial charge in [-0.25, -0.2) is 4.98 Å². The minimum absolute atomic E-state index is 0.0535. The Morgan fingerprint density at radius 1 is 1.15 bits per heavy atom. The average Bonchev–Trinajstić information content (AvgIpc) is 2.97. The van der Waals surface area contributed by atoms with E-state index < -0.39 is 0 Å². The zero-order valence-electron chi connectivity index (χ0n) is 15.3. The Balaban J connectivity index is 1.78. The molecule has 0 bridgehead atoms. The molecule has 0 spiro atoms. The fourth-order valence-corrected chi connectivity index (χ4v) is 2.88. The second-order valence-electron chi connectivity index (χ2n) is 6.31. The van der Waals surface area contributed by atoms with Crippen molar-refractivity contribution in [3.63, 3.8) is 0 Å². The Labute approximate surface area is 162 Å². The molecule has 0 aliphatic heterocycles. The predicted molar refractivity (Wildman–Crippen MR) is 105 cm³/mol. The van der Waals surface area contributed by atoms with Crippen molar-refractivity contribution in [2.45, 2.75) is 27.2 Å². The van der Waals surface area contributed by atoms with Crippen LogP contribution in [0.25, 0.3) is 11.5 Å². The van der Waals surface area contributed by atoms with E-state index in [0.29, 0.717) is 39.2 Å². The summed E-state index contributed by atoms with van der Waals surface area (Å²) in [6.07, 6.45) is 0.0591. The second-order valence-corrected chi connectivity index (χ2v) is 6.72. The minimum Gasteiger partial charge on any atom is -0.441 e. The van der Waals surface area contributed by atoms with Gasteiger partial charge in [-0.2, -0.15) is 0 Å². The van der Waals surface area contributed by atoms with Crippen LogP contribution >= 0.6 is 11.6 Å². The topological polar surface area (TPSA) is 72.2 Å². The molecule has 0 aliphatic rings. The van der Waals surface area contributed by atoms with Crippen LogP contribution in [-0.2, 0) is 11.2 Å². The summed E-state index contributed by atoms with van der Waals surface area (Å²) in [5.74, 6) is 0.660. The van der Waals surface area contributed by atoms with Gasteiger partial charge in [0, 0.05) is 11.3 Å². The number of ketones is 1. The van der Waals surface area contributed by atoms with Crippen LogP contribution in [-0.4, -0.2) is 16.7 Å². The van der Waals surface area contributed by atoms with E-state index in [1.165, 1.54) is 6.92 Å². The third-order valence-electron chi connectivity index (χ3n) is 4.24. The Kier molecular flexibility index (Phi) is 5.42. The highest BCUT2D eigenvalue weighted by atomic mass is 35.5. The van der Waals surface area contributed by atoms with Gasteiger partial charge in [0.25, 0.3) is 0 Å². The van der Waals surface area contributed by atoms with Gasteiger partial charge in [0.05, 0.1) is 22.7 Å². The lowest BCUT2D eigenvalue weighted by atomic mass is 10.1. The Bertz CT molecular complexity index is 1020. The first-order valence-electron chi connectivity index (χ1n) is 8.48. The number of amides is 1. The van der Waals surface area contributed by atoms with Crippen molar-refractivity contribution in [3.05, 3.63) is 70.1 Å². The van der Waals surface area contributed by atoms with E-state index in [4.69, 9.17) is 16.0 Å². The normalized spacial score (nSPS) is 10.7. The molecule has 1 heterocycles. The van der Waals surface area contributed by atoms with Crippen molar-refractivity contribution < 1.29 is 14.0 Å². The van der Waals surface area contributed by atoms with Crippen molar-refractivity contribution in [2.24, 2.45) is 0 Å². The quantitative estimate of drug-likeness (QED) is 0.630. The monoisotopic (exact) mass is 382 g/mol. The van der Waals surface area contributed by atoms with Crippen LogP contribution in [0.15, 0.2) is 46.9 Å². The second kappa shape index (κ2) is 7.76. The smallest absolute Gasteiger partial charge is 0.230 e. The van der Waals surface area contributed by atoms with Gasteiger partial charge < -0.3 is 9.73 Å². The molecule has 1 amide bonds. The molecule has 6 heteroatoms. The molecule has 0 saturated carbocycles. The number of halogens is 1. The van der Waals surface area contributed by atoms with Gasteiger partial charge in [0.15, 0.2) is 5.78 Å². The molecular weight excluding hydrogens is 364 g/mol. The van der Waals surface area contributed by atoms with Crippen LogP contribution < -0.4 is 5.32 Å². The lowest BCUT2D eigenvalue weighted by Crippen LogP contribution is -2.16. The molecule has 27 heavy (non-hydrogen) atoms. The molecule has 0 unspecified atom stereocenters. The Hall–Kier alpha value is -2.92. The van der Waals surface area contributed by atoms with E-state index >= 15 is 0 Å². The number of carbonyl (C=O) groups is 2. The SMILES string of the molecule is CC(=O)c1ccc(C)c(NC(=O)Cc2nc(-c3ccccc3Cl)oc2C)c1. The van der Waals surface area contributed by atoms with E-state index in [0.717, 1.165) is 5.56 Å². The third-order valence-corrected chi connectivity index (χ3v) is 4.57. The van der Waals surface area contributed by atoms with Crippen molar-refractivity contribution >= 4 is 29.0 Å². The Morgan fingerprint density at radius 2 is 1.89 bits per heavy atom. The zero-order chi connectivity index (χ0) is 19.6. The number of nitrogens with zero attached hydrogens (tertiary/aromatic N) is 1. The molecule has 2 aromatic carbocycles. The summed E-state index contributed by atoms with van der Waals surface area (Å²) in [6.45, 7) is 5.12. The van der Waals surface area contributed by atoms with Gasteiger partial charge in [-0.05, 0) is 44.5 Å². The van der Waals surface area contributed by atoms with Crippen molar-refractivity contribution in [1.29, 1.82) is 0 Å². The van der Waals surface area contributed by atoms with E-state index in [-0.39, 0.29) is 18.1 Å². The summed E-state index contributed by atoms with van der Waals surface area (Å²) in [5, 5.41) is 3.38. The minimum atomic E-state index is -0.235. The van der Waals surface area contributed by atoms with Gasteiger partial charge in [0.1, 0.15) is 5.76 Å². The third kappa shape index (κ3) is 4.26. The van der Waals surface area contributed by atoms with Crippen LogP contribution in [0.4, 0.5) is 5.69 Å². The fourth-order valence-electron chi connectivity index (χ4n) is 2.66. The number of oxazole rings is 1. The number of nitrogens with one attached hydrogen (secondary N) is 1. The fraction of sp³-hybridized carbons (Fsp3) is 0.190. The van der Waals surface area contributed by atoms with Crippen LogP contribution in [0.5, 0.6) is 0 Å². The number of hydrogen-bond donors (Lipinski definition) is 1. The standard InChI is InChI=1S/C21H19ClN2O3/c1-12-8-9-15(13(2)25)10-18(12)23-20(26)11-19-14(3)27-21(24-19)16-6-4-5-7-17(16)22/h4-10H,11H2,1-3H3,(H,23,26). The van der Waals surface area contributed by atoms with Gasteiger partial charge in [-0.3, -0.25) is 9.59 Å². The summed E-state index contributed by atoms with van der Waals surface area (Å²) < 4.78 is 5.69. The van der Waals surface area contributed by atoms with Crippen molar-refractivity contribution in [1.82, 2.24) is 4.98 Å². The molecule has 0 radical (unpaired) electrons. The van der Waals surface area contributed by atoms with Gasteiger partial charge in [0.2, 0.25) is 11.8 Å². The number of benzene rings is 2. The Morgan fingerprint density at radius 3 is 2.59 bits per heavy atom. The molecule has 1 N–H and O–H groups in total. The summed E-state index contributed by atoms with van der Waals surface area (Å²) in [4.78, 5) is 28.5. The maximum absolute atomic E-state index is 12.5. The summed E-state index contributed by atoms with van der Waals surface area (Å²) in [5.41, 5.74) is 3.26. The first-order valence-corrected chi connectivity index (χ1v) is 8.85. The maximum atomic E-state index is 12.5. The van der Waals surface area contributed by atoms with Crippen LogP contribution in [0, 0.1) is 13.8 Å². The number of anilines is 1. The average molecular weight is 383 g/mol. The molecule has 5 nitrogen and oxygen atoms in total.